The van der Waals surface area contributed by atoms with Crippen LogP contribution in [0.5, 0.6) is 11.5 Å². The normalized spacial score (nSPS) is 12.3. The third kappa shape index (κ3) is 4.47. The molecule has 2 nitrogen and oxygen atoms in total. The van der Waals surface area contributed by atoms with Gasteiger partial charge in [0.1, 0.15) is 0 Å². The molecule has 0 N–H and O–H groups in total. The van der Waals surface area contributed by atoms with Crippen LogP contribution in [0.25, 0.3) is 0 Å². The summed E-state index contributed by atoms with van der Waals surface area (Å²) in [4.78, 5) is 0. The topological polar surface area (TPSA) is 18.5 Å². The van der Waals surface area contributed by atoms with Crippen LogP contribution < -0.4 is 9.47 Å². The first-order chi connectivity index (χ1) is 11.4. The molecule has 0 aliphatic rings. The summed E-state index contributed by atoms with van der Waals surface area (Å²) in [5.74, 6) is 0.215. The van der Waals surface area contributed by atoms with Crippen LogP contribution in [0.2, 0.25) is 0 Å². The molecule has 0 radical (unpaired) electrons. The molecule has 4 heteroatoms. The van der Waals surface area contributed by atoms with Crippen molar-refractivity contribution in [1.29, 1.82) is 0 Å². The third-order valence-electron chi connectivity index (χ3n) is 4.18. The molecule has 2 rings (SSSR count). The average Bonchev–Trinajstić information content (AvgIpc) is 2.56. The van der Waals surface area contributed by atoms with Gasteiger partial charge in [-0.05, 0) is 53.6 Å². The second kappa shape index (κ2) is 8.13. The van der Waals surface area contributed by atoms with Gasteiger partial charge in [-0.15, -0.1) is 0 Å². The summed E-state index contributed by atoms with van der Waals surface area (Å²) in [6, 6.07) is 9.91. The molecule has 0 saturated heterocycles. The minimum absolute atomic E-state index is 0.150. The predicted molar refractivity (Wildman–Crippen MR) is 92.0 cm³/mol. The number of hydrogen-bond donors (Lipinski definition) is 0. The molecule has 0 amide bonds. The molecule has 0 spiro atoms. The maximum absolute atomic E-state index is 14.0. The lowest BCUT2D eigenvalue weighted by molar-refractivity contribution is 0.286. The Kier molecular flexibility index (Phi) is 6.18. The Bertz CT molecular complexity index is 683. The van der Waals surface area contributed by atoms with Crippen molar-refractivity contribution in [2.75, 3.05) is 13.7 Å². The molecule has 130 valence electrons. The van der Waals surface area contributed by atoms with Crippen LogP contribution in [-0.4, -0.2) is 13.7 Å². The van der Waals surface area contributed by atoms with Gasteiger partial charge in [-0.3, -0.25) is 0 Å². The van der Waals surface area contributed by atoms with Crippen LogP contribution in [0.15, 0.2) is 36.4 Å². The molecule has 1 atom stereocenters. The van der Waals surface area contributed by atoms with Gasteiger partial charge in [0.2, 0.25) is 0 Å². The van der Waals surface area contributed by atoms with Crippen LogP contribution in [-0.2, 0) is 0 Å². The molecule has 0 bridgehead atoms. The number of halogens is 2. The second-order valence-electron chi connectivity index (χ2n) is 6.28. The van der Waals surface area contributed by atoms with Crippen molar-refractivity contribution < 1.29 is 18.3 Å². The molecular weight excluding hydrogens is 310 g/mol. The van der Waals surface area contributed by atoms with E-state index in [-0.39, 0.29) is 35.0 Å². The highest BCUT2D eigenvalue weighted by atomic mass is 19.1. The maximum Gasteiger partial charge on any atom is 0.165 e. The minimum Gasteiger partial charge on any atom is -0.494 e. The SMILES string of the molecule is COc1cc(C(C)CCOc2ccc(C(C)C)cc2F)ccc1F. The molecule has 0 aliphatic carbocycles. The lowest BCUT2D eigenvalue weighted by atomic mass is 9.98. The van der Waals surface area contributed by atoms with Crippen molar-refractivity contribution in [2.24, 2.45) is 0 Å². The zero-order valence-corrected chi connectivity index (χ0v) is 14.6. The predicted octanol–water partition coefficient (Wildman–Crippen LogP) is 5.67. The van der Waals surface area contributed by atoms with Crippen molar-refractivity contribution in [1.82, 2.24) is 0 Å². The summed E-state index contributed by atoms with van der Waals surface area (Å²) in [5.41, 5.74) is 1.92. The largest absolute Gasteiger partial charge is 0.494 e. The Morgan fingerprint density at radius 1 is 0.875 bits per heavy atom. The summed E-state index contributed by atoms with van der Waals surface area (Å²) in [7, 11) is 1.44. The Morgan fingerprint density at radius 2 is 1.58 bits per heavy atom. The number of hydrogen-bond acceptors (Lipinski definition) is 2. The molecule has 1 unspecified atom stereocenters. The zero-order valence-electron chi connectivity index (χ0n) is 14.6. The van der Waals surface area contributed by atoms with Crippen molar-refractivity contribution in [3.63, 3.8) is 0 Å². The smallest absolute Gasteiger partial charge is 0.165 e. The summed E-state index contributed by atoms with van der Waals surface area (Å²) in [6.07, 6.45) is 0.695. The average molecular weight is 334 g/mol. The molecule has 24 heavy (non-hydrogen) atoms. The van der Waals surface area contributed by atoms with Gasteiger partial charge in [-0.25, -0.2) is 8.78 Å². The maximum atomic E-state index is 14.0. The summed E-state index contributed by atoms with van der Waals surface area (Å²) < 4.78 is 38.0. The van der Waals surface area contributed by atoms with Gasteiger partial charge in [0.15, 0.2) is 23.1 Å². The van der Waals surface area contributed by atoms with Gasteiger partial charge >= 0.3 is 0 Å². The molecule has 2 aromatic carbocycles. The molecule has 2 aromatic rings. The Hall–Kier alpha value is -2.10. The quantitative estimate of drug-likeness (QED) is 0.649. The minimum atomic E-state index is -0.378. The van der Waals surface area contributed by atoms with Crippen molar-refractivity contribution in [3.8, 4) is 11.5 Å². The lowest BCUT2D eigenvalue weighted by Crippen LogP contribution is -2.05. The van der Waals surface area contributed by atoms with Gasteiger partial charge in [-0.2, -0.15) is 0 Å². The molecule has 0 fully saturated rings. The van der Waals surface area contributed by atoms with Gasteiger partial charge < -0.3 is 9.47 Å². The number of benzene rings is 2. The van der Waals surface area contributed by atoms with E-state index in [0.717, 1.165) is 11.1 Å². The standard InChI is InChI=1S/C20H24F2O2/c1-13(2)15-6-8-19(18(22)11-15)24-10-9-14(3)16-5-7-17(21)20(12-16)23-4/h5-8,11-14H,9-10H2,1-4H3. The number of methoxy groups -OCH3 is 1. The lowest BCUT2D eigenvalue weighted by Gasteiger charge is -2.15. The van der Waals surface area contributed by atoms with E-state index in [1.165, 1.54) is 19.2 Å². The van der Waals surface area contributed by atoms with E-state index in [1.807, 2.05) is 26.8 Å². The molecule has 0 aromatic heterocycles. The molecule has 0 heterocycles. The molecule has 0 aliphatic heterocycles. The van der Waals surface area contributed by atoms with E-state index in [9.17, 15) is 8.78 Å². The summed E-state index contributed by atoms with van der Waals surface area (Å²) >= 11 is 0. The summed E-state index contributed by atoms with van der Waals surface area (Å²) in [5, 5.41) is 0. The van der Waals surface area contributed by atoms with E-state index in [1.54, 1.807) is 18.2 Å². The highest BCUT2D eigenvalue weighted by Crippen LogP contribution is 2.27. The van der Waals surface area contributed by atoms with Crippen molar-refractivity contribution in [2.45, 2.75) is 39.0 Å². The monoisotopic (exact) mass is 334 g/mol. The van der Waals surface area contributed by atoms with E-state index >= 15 is 0 Å². The fourth-order valence-electron chi connectivity index (χ4n) is 2.49. The van der Waals surface area contributed by atoms with E-state index in [2.05, 4.69) is 0 Å². The van der Waals surface area contributed by atoms with Crippen LogP contribution in [0.1, 0.15) is 50.2 Å². The summed E-state index contributed by atoms with van der Waals surface area (Å²) in [6.45, 7) is 6.45. The van der Waals surface area contributed by atoms with Gasteiger partial charge in [0.05, 0.1) is 13.7 Å². The first-order valence-corrected chi connectivity index (χ1v) is 8.18. The second-order valence-corrected chi connectivity index (χ2v) is 6.28. The van der Waals surface area contributed by atoms with Crippen molar-refractivity contribution >= 4 is 0 Å². The molecular formula is C20H24F2O2. The zero-order chi connectivity index (χ0) is 17.7. The van der Waals surface area contributed by atoms with E-state index < -0.39 is 0 Å². The van der Waals surface area contributed by atoms with Crippen molar-refractivity contribution in [3.05, 3.63) is 59.2 Å². The highest BCUT2D eigenvalue weighted by Gasteiger charge is 2.11. The fourth-order valence-corrected chi connectivity index (χ4v) is 2.49. The van der Waals surface area contributed by atoms with Gasteiger partial charge in [0, 0.05) is 0 Å². The Labute approximate surface area is 142 Å². The van der Waals surface area contributed by atoms with E-state index in [0.29, 0.717) is 13.0 Å². The van der Waals surface area contributed by atoms with Crippen LogP contribution >= 0.6 is 0 Å². The van der Waals surface area contributed by atoms with Crippen LogP contribution in [0.3, 0.4) is 0 Å². The number of rotatable bonds is 7. The fraction of sp³-hybridized carbons (Fsp3) is 0.400. The Morgan fingerprint density at radius 3 is 2.21 bits per heavy atom. The highest BCUT2D eigenvalue weighted by molar-refractivity contribution is 5.32. The van der Waals surface area contributed by atoms with E-state index in [4.69, 9.17) is 9.47 Å². The van der Waals surface area contributed by atoms with Crippen LogP contribution in [0, 0.1) is 11.6 Å². The first-order valence-electron chi connectivity index (χ1n) is 8.18. The third-order valence-corrected chi connectivity index (χ3v) is 4.18. The molecule has 0 saturated carbocycles. The van der Waals surface area contributed by atoms with Crippen LogP contribution in [0.4, 0.5) is 8.78 Å². The van der Waals surface area contributed by atoms with Gasteiger partial charge in [0.25, 0.3) is 0 Å². The number of ether oxygens (including phenoxy) is 2. The Balaban J connectivity index is 1.94. The van der Waals surface area contributed by atoms with Gasteiger partial charge in [-0.1, -0.05) is 32.9 Å². The first kappa shape index (κ1) is 18.2.